The van der Waals surface area contributed by atoms with Crippen LogP contribution in [0.3, 0.4) is 0 Å². The number of hydrogen-bond acceptors (Lipinski definition) is 5. The van der Waals surface area contributed by atoms with E-state index in [1.165, 1.54) is 18.0 Å². The van der Waals surface area contributed by atoms with Crippen molar-refractivity contribution in [3.8, 4) is 0 Å². The smallest absolute Gasteiger partial charge is 0.0921 e. The van der Waals surface area contributed by atoms with E-state index < -0.39 is 0 Å². The molecule has 5 heteroatoms. The van der Waals surface area contributed by atoms with Crippen molar-refractivity contribution in [3.05, 3.63) is 11.1 Å². The minimum absolute atomic E-state index is 0.295. The predicted octanol–water partition coefficient (Wildman–Crippen LogP) is 1.07. The number of nitrogens with zero attached hydrogens (tertiary/aromatic N) is 2. The summed E-state index contributed by atoms with van der Waals surface area (Å²) in [5.41, 5.74) is 6.89. The zero-order valence-electron chi connectivity index (χ0n) is 8.31. The van der Waals surface area contributed by atoms with Crippen LogP contribution in [0.4, 0.5) is 0 Å². The molecule has 0 bridgehead atoms. The zero-order chi connectivity index (χ0) is 9.97. The Hall–Kier alpha value is -0.520. The molecule has 78 valence electrons. The molecule has 2 rings (SSSR count). The molecule has 3 atom stereocenters. The van der Waals surface area contributed by atoms with Gasteiger partial charge in [0.2, 0.25) is 0 Å². The average molecular weight is 212 g/mol. The second kappa shape index (κ2) is 4.33. The van der Waals surface area contributed by atoms with Gasteiger partial charge in [-0.1, -0.05) is 4.49 Å². The lowest BCUT2D eigenvalue weighted by Gasteiger charge is -2.17. The Kier molecular flexibility index (Phi) is 3.10. The summed E-state index contributed by atoms with van der Waals surface area (Å²) in [4.78, 5) is 0. The molecule has 0 aliphatic heterocycles. The van der Waals surface area contributed by atoms with Gasteiger partial charge in [0.25, 0.3) is 0 Å². The number of nitrogens with one attached hydrogen (secondary N) is 1. The third-order valence-electron chi connectivity index (χ3n) is 2.78. The normalized spacial score (nSPS) is 29.3. The molecule has 1 aliphatic carbocycles. The highest BCUT2D eigenvalue weighted by atomic mass is 32.1. The first kappa shape index (κ1) is 10.0. The van der Waals surface area contributed by atoms with E-state index >= 15 is 0 Å². The summed E-state index contributed by atoms with van der Waals surface area (Å²) in [7, 11) is 0. The summed E-state index contributed by atoms with van der Waals surface area (Å²) in [5, 5.41) is 9.58. The number of rotatable bonds is 3. The SMILES string of the molecule is CC(NC1CCC(N)C1)c1csnn1. The van der Waals surface area contributed by atoms with E-state index in [-0.39, 0.29) is 0 Å². The van der Waals surface area contributed by atoms with Crippen LogP contribution < -0.4 is 11.1 Å². The molecule has 3 unspecified atom stereocenters. The molecule has 1 aromatic rings. The van der Waals surface area contributed by atoms with Crippen molar-refractivity contribution >= 4 is 11.5 Å². The van der Waals surface area contributed by atoms with E-state index in [1.807, 2.05) is 5.38 Å². The van der Waals surface area contributed by atoms with Gasteiger partial charge < -0.3 is 11.1 Å². The maximum absolute atomic E-state index is 5.85. The van der Waals surface area contributed by atoms with Gasteiger partial charge in [0.05, 0.1) is 5.69 Å². The van der Waals surface area contributed by atoms with Gasteiger partial charge in [-0.25, -0.2) is 0 Å². The van der Waals surface area contributed by atoms with Gasteiger partial charge in [-0.15, -0.1) is 5.10 Å². The lowest BCUT2D eigenvalue weighted by Crippen LogP contribution is -2.31. The fraction of sp³-hybridized carbons (Fsp3) is 0.778. The third kappa shape index (κ3) is 2.29. The molecular weight excluding hydrogens is 196 g/mol. The van der Waals surface area contributed by atoms with E-state index in [2.05, 4.69) is 21.8 Å². The minimum Gasteiger partial charge on any atom is -0.328 e. The van der Waals surface area contributed by atoms with Gasteiger partial charge in [-0.3, -0.25) is 0 Å². The van der Waals surface area contributed by atoms with E-state index in [4.69, 9.17) is 5.73 Å². The van der Waals surface area contributed by atoms with Crippen LogP contribution in [-0.4, -0.2) is 21.7 Å². The Bertz CT molecular complexity index is 274. The maximum atomic E-state index is 5.85. The van der Waals surface area contributed by atoms with Crippen molar-refractivity contribution in [2.24, 2.45) is 5.73 Å². The molecule has 14 heavy (non-hydrogen) atoms. The van der Waals surface area contributed by atoms with E-state index in [1.54, 1.807) is 0 Å². The van der Waals surface area contributed by atoms with Crippen LogP contribution in [0.15, 0.2) is 5.38 Å². The largest absolute Gasteiger partial charge is 0.328 e. The van der Waals surface area contributed by atoms with Crippen LogP contribution in [0.25, 0.3) is 0 Å². The molecule has 3 N–H and O–H groups in total. The van der Waals surface area contributed by atoms with Crippen LogP contribution in [0.2, 0.25) is 0 Å². The van der Waals surface area contributed by atoms with E-state index in [0.29, 0.717) is 18.1 Å². The van der Waals surface area contributed by atoms with E-state index in [9.17, 15) is 0 Å². The highest BCUT2D eigenvalue weighted by Gasteiger charge is 2.23. The molecule has 1 aliphatic rings. The topological polar surface area (TPSA) is 63.8 Å². The summed E-state index contributed by atoms with van der Waals surface area (Å²) in [6.45, 7) is 2.13. The van der Waals surface area contributed by atoms with Gasteiger partial charge in [-0.2, -0.15) is 0 Å². The van der Waals surface area contributed by atoms with Gasteiger partial charge in [0, 0.05) is 23.5 Å². The van der Waals surface area contributed by atoms with Crippen LogP contribution >= 0.6 is 11.5 Å². The standard InChI is InChI=1S/C9H16N4S/c1-6(9-5-14-13-12-9)11-8-3-2-7(10)4-8/h5-8,11H,2-4,10H2,1H3. The average Bonchev–Trinajstić information content (AvgIpc) is 2.75. The maximum Gasteiger partial charge on any atom is 0.0921 e. The molecule has 4 nitrogen and oxygen atoms in total. The molecular formula is C9H16N4S. The van der Waals surface area contributed by atoms with Crippen molar-refractivity contribution < 1.29 is 0 Å². The fourth-order valence-electron chi connectivity index (χ4n) is 1.97. The Morgan fingerprint density at radius 2 is 2.50 bits per heavy atom. The Balaban J connectivity index is 1.86. The van der Waals surface area contributed by atoms with Gasteiger partial charge in [-0.05, 0) is 37.7 Å². The quantitative estimate of drug-likeness (QED) is 0.786. The molecule has 1 aromatic heterocycles. The summed E-state index contributed by atoms with van der Waals surface area (Å²) >= 11 is 1.40. The first-order chi connectivity index (χ1) is 6.75. The summed E-state index contributed by atoms with van der Waals surface area (Å²) in [5.74, 6) is 0. The zero-order valence-corrected chi connectivity index (χ0v) is 9.13. The molecule has 1 fully saturated rings. The molecule has 0 radical (unpaired) electrons. The number of nitrogens with two attached hydrogens (primary N) is 1. The highest BCUT2D eigenvalue weighted by molar-refractivity contribution is 7.03. The first-order valence-corrected chi connectivity index (χ1v) is 5.88. The van der Waals surface area contributed by atoms with Crippen molar-refractivity contribution in [1.29, 1.82) is 0 Å². The Morgan fingerprint density at radius 3 is 3.07 bits per heavy atom. The Labute approximate surface area is 88.1 Å². The van der Waals surface area contributed by atoms with Crippen LogP contribution in [0, 0.1) is 0 Å². The van der Waals surface area contributed by atoms with Crippen molar-refractivity contribution in [2.75, 3.05) is 0 Å². The lowest BCUT2D eigenvalue weighted by atomic mass is 10.2. The third-order valence-corrected chi connectivity index (χ3v) is 3.30. The molecule has 0 saturated heterocycles. The molecule has 1 saturated carbocycles. The summed E-state index contributed by atoms with van der Waals surface area (Å²) in [6.07, 6.45) is 3.41. The van der Waals surface area contributed by atoms with Gasteiger partial charge in [0.15, 0.2) is 0 Å². The molecule has 0 amide bonds. The van der Waals surface area contributed by atoms with Crippen LogP contribution in [0.5, 0.6) is 0 Å². The van der Waals surface area contributed by atoms with Crippen LogP contribution in [-0.2, 0) is 0 Å². The molecule has 0 aromatic carbocycles. The summed E-state index contributed by atoms with van der Waals surface area (Å²) < 4.78 is 3.86. The second-order valence-corrected chi connectivity index (χ2v) is 4.60. The lowest BCUT2D eigenvalue weighted by molar-refractivity contribution is 0.450. The first-order valence-electron chi connectivity index (χ1n) is 5.04. The molecule has 1 heterocycles. The monoisotopic (exact) mass is 212 g/mol. The number of hydrogen-bond donors (Lipinski definition) is 2. The summed E-state index contributed by atoms with van der Waals surface area (Å²) in [6, 6.07) is 1.24. The minimum atomic E-state index is 0.295. The fourth-order valence-corrected chi connectivity index (χ4v) is 2.52. The van der Waals surface area contributed by atoms with Gasteiger partial charge >= 0.3 is 0 Å². The highest BCUT2D eigenvalue weighted by Crippen LogP contribution is 2.20. The van der Waals surface area contributed by atoms with Crippen molar-refractivity contribution in [2.45, 2.75) is 44.3 Å². The van der Waals surface area contributed by atoms with Crippen molar-refractivity contribution in [1.82, 2.24) is 14.9 Å². The predicted molar refractivity (Wildman–Crippen MR) is 57.1 cm³/mol. The van der Waals surface area contributed by atoms with E-state index in [0.717, 1.165) is 18.5 Å². The van der Waals surface area contributed by atoms with Gasteiger partial charge in [0.1, 0.15) is 0 Å². The second-order valence-electron chi connectivity index (χ2n) is 3.99. The molecule has 0 spiro atoms. The Morgan fingerprint density at radius 1 is 1.64 bits per heavy atom. The van der Waals surface area contributed by atoms with Crippen molar-refractivity contribution in [3.63, 3.8) is 0 Å². The van der Waals surface area contributed by atoms with Crippen LogP contribution in [0.1, 0.15) is 37.9 Å². The number of aromatic nitrogens is 2.